The molecule has 1 atom stereocenters. The van der Waals surface area contributed by atoms with Crippen molar-refractivity contribution >= 4 is 27.3 Å². The highest BCUT2D eigenvalue weighted by Crippen LogP contribution is 2.27. The van der Waals surface area contributed by atoms with Crippen LogP contribution in [0.15, 0.2) is 28.7 Å². The quantitative estimate of drug-likeness (QED) is 0.901. The van der Waals surface area contributed by atoms with E-state index in [-0.39, 0.29) is 6.04 Å². The fraction of sp³-hybridized carbons (Fsp3) is 0.385. The van der Waals surface area contributed by atoms with Crippen molar-refractivity contribution in [3.8, 4) is 10.6 Å². The van der Waals surface area contributed by atoms with Crippen LogP contribution in [0, 0.1) is 0 Å². The van der Waals surface area contributed by atoms with E-state index in [0.717, 1.165) is 33.0 Å². The van der Waals surface area contributed by atoms with Gasteiger partial charge in [-0.3, -0.25) is 0 Å². The van der Waals surface area contributed by atoms with Gasteiger partial charge in [0.25, 0.3) is 0 Å². The number of aromatic nitrogens is 2. The Kier molecular flexibility index (Phi) is 4.86. The lowest BCUT2D eigenvalue weighted by Crippen LogP contribution is -2.18. The summed E-state index contributed by atoms with van der Waals surface area (Å²) in [6.45, 7) is 5.29. The Morgan fingerprint density at radius 3 is 2.67 bits per heavy atom. The van der Waals surface area contributed by atoms with Crippen LogP contribution >= 0.6 is 27.3 Å². The zero-order chi connectivity index (χ0) is 13.0. The van der Waals surface area contributed by atoms with Crippen molar-refractivity contribution in [2.24, 2.45) is 0 Å². The Morgan fingerprint density at radius 1 is 1.28 bits per heavy atom. The topological polar surface area (TPSA) is 37.8 Å². The minimum absolute atomic E-state index is 0.270. The number of benzene rings is 1. The van der Waals surface area contributed by atoms with Crippen molar-refractivity contribution in [2.75, 3.05) is 6.54 Å². The maximum absolute atomic E-state index is 4.26. The van der Waals surface area contributed by atoms with Crippen LogP contribution in [0.3, 0.4) is 0 Å². The molecule has 1 heterocycles. The fourth-order valence-corrected chi connectivity index (χ4v) is 2.71. The number of nitrogens with zero attached hydrogens (tertiary/aromatic N) is 2. The Labute approximate surface area is 120 Å². The van der Waals surface area contributed by atoms with Gasteiger partial charge in [0.15, 0.2) is 0 Å². The van der Waals surface area contributed by atoms with Gasteiger partial charge >= 0.3 is 0 Å². The van der Waals surface area contributed by atoms with Crippen molar-refractivity contribution in [2.45, 2.75) is 26.3 Å². The molecule has 0 spiro atoms. The third kappa shape index (κ3) is 3.37. The average Bonchev–Trinajstić information content (AvgIpc) is 2.86. The van der Waals surface area contributed by atoms with Crippen LogP contribution < -0.4 is 5.32 Å². The molecule has 1 unspecified atom stereocenters. The molecule has 2 aromatic rings. The summed E-state index contributed by atoms with van der Waals surface area (Å²) in [6, 6.07) is 8.42. The predicted octanol–water partition coefficient (Wildman–Crippen LogP) is 4.03. The van der Waals surface area contributed by atoms with Gasteiger partial charge in [0.05, 0.1) is 6.04 Å². The molecule has 0 aliphatic carbocycles. The van der Waals surface area contributed by atoms with Gasteiger partial charge in [0.1, 0.15) is 10.0 Å². The molecule has 0 fully saturated rings. The first-order valence-corrected chi connectivity index (χ1v) is 7.64. The summed E-state index contributed by atoms with van der Waals surface area (Å²) in [4.78, 5) is 0. The van der Waals surface area contributed by atoms with E-state index in [4.69, 9.17) is 0 Å². The highest BCUT2D eigenvalue weighted by Gasteiger charge is 2.12. The van der Waals surface area contributed by atoms with E-state index >= 15 is 0 Å². The van der Waals surface area contributed by atoms with Crippen molar-refractivity contribution in [3.05, 3.63) is 33.7 Å². The Morgan fingerprint density at radius 2 is 2.00 bits per heavy atom. The molecule has 0 radical (unpaired) electrons. The van der Waals surface area contributed by atoms with Gasteiger partial charge in [-0.1, -0.05) is 46.3 Å². The lowest BCUT2D eigenvalue weighted by Gasteiger charge is -2.08. The highest BCUT2D eigenvalue weighted by atomic mass is 79.9. The lowest BCUT2D eigenvalue weighted by molar-refractivity contribution is 0.564. The lowest BCUT2D eigenvalue weighted by atomic mass is 10.2. The largest absolute Gasteiger partial charge is 0.308 e. The summed E-state index contributed by atoms with van der Waals surface area (Å²) in [6.07, 6.45) is 1.13. The Bertz CT molecular complexity index is 495. The SMILES string of the molecule is CCCNC(C)c1nnc(-c2ccc(Br)cc2)s1. The molecule has 0 amide bonds. The summed E-state index contributed by atoms with van der Waals surface area (Å²) in [5, 5.41) is 14.0. The van der Waals surface area contributed by atoms with E-state index in [2.05, 4.69) is 57.4 Å². The highest BCUT2D eigenvalue weighted by molar-refractivity contribution is 9.10. The van der Waals surface area contributed by atoms with E-state index in [1.165, 1.54) is 0 Å². The van der Waals surface area contributed by atoms with Gasteiger partial charge in [0.2, 0.25) is 0 Å². The smallest absolute Gasteiger partial charge is 0.147 e. The van der Waals surface area contributed by atoms with Gasteiger partial charge in [-0.2, -0.15) is 0 Å². The molecule has 0 bridgehead atoms. The first-order chi connectivity index (χ1) is 8.70. The molecule has 3 nitrogen and oxygen atoms in total. The molecule has 0 saturated carbocycles. The minimum atomic E-state index is 0.270. The van der Waals surface area contributed by atoms with Crippen LogP contribution in [0.25, 0.3) is 10.6 Å². The first-order valence-electron chi connectivity index (χ1n) is 6.03. The zero-order valence-corrected chi connectivity index (χ0v) is 12.9. The number of hydrogen-bond acceptors (Lipinski definition) is 4. The summed E-state index contributed by atoms with van der Waals surface area (Å²) in [7, 11) is 0. The molecule has 0 aliphatic heterocycles. The second kappa shape index (κ2) is 6.41. The number of halogens is 1. The van der Waals surface area contributed by atoms with E-state index < -0.39 is 0 Å². The van der Waals surface area contributed by atoms with E-state index in [9.17, 15) is 0 Å². The van der Waals surface area contributed by atoms with Crippen LogP contribution in [-0.4, -0.2) is 16.7 Å². The zero-order valence-electron chi connectivity index (χ0n) is 10.5. The molecule has 1 aromatic carbocycles. The van der Waals surface area contributed by atoms with Crippen LogP contribution in [0.2, 0.25) is 0 Å². The molecule has 2 rings (SSSR count). The van der Waals surface area contributed by atoms with Gasteiger partial charge in [-0.05, 0) is 32.0 Å². The third-order valence-electron chi connectivity index (χ3n) is 2.60. The summed E-state index contributed by atoms with van der Waals surface area (Å²) >= 11 is 5.08. The maximum Gasteiger partial charge on any atom is 0.147 e. The van der Waals surface area contributed by atoms with Crippen molar-refractivity contribution in [1.82, 2.24) is 15.5 Å². The van der Waals surface area contributed by atoms with E-state index in [1.54, 1.807) is 11.3 Å². The van der Waals surface area contributed by atoms with Crippen molar-refractivity contribution < 1.29 is 0 Å². The monoisotopic (exact) mass is 325 g/mol. The Hall–Kier alpha value is -0.780. The van der Waals surface area contributed by atoms with Crippen LogP contribution in [0.4, 0.5) is 0 Å². The second-order valence-electron chi connectivity index (χ2n) is 4.13. The van der Waals surface area contributed by atoms with Gasteiger partial charge in [0, 0.05) is 10.0 Å². The van der Waals surface area contributed by atoms with E-state index in [0.29, 0.717) is 0 Å². The van der Waals surface area contributed by atoms with Crippen molar-refractivity contribution in [3.63, 3.8) is 0 Å². The van der Waals surface area contributed by atoms with Gasteiger partial charge in [-0.25, -0.2) is 0 Å². The summed E-state index contributed by atoms with van der Waals surface area (Å²) in [5.41, 5.74) is 1.12. The molecule has 5 heteroatoms. The molecule has 1 aromatic heterocycles. The van der Waals surface area contributed by atoms with Gasteiger partial charge < -0.3 is 5.32 Å². The standard InChI is InChI=1S/C13H16BrN3S/c1-3-8-15-9(2)12-16-17-13(18-12)10-4-6-11(14)7-5-10/h4-7,9,15H,3,8H2,1-2H3. The third-order valence-corrected chi connectivity index (χ3v) is 4.29. The normalized spacial score (nSPS) is 12.6. The molecule has 96 valence electrons. The minimum Gasteiger partial charge on any atom is -0.308 e. The van der Waals surface area contributed by atoms with Gasteiger partial charge in [-0.15, -0.1) is 10.2 Å². The molecule has 1 N–H and O–H groups in total. The summed E-state index contributed by atoms with van der Waals surface area (Å²) < 4.78 is 1.08. The molecular formula is C13H16BrN3S. The fourth-order valence-electron chi connectivity index (χ4n) is 1.57. The summed E-state index contributed by atoms with van der Waals surface area (Å²) in [5.74, 6) is 0. The maximum atomic E-state index is 4.26. The second-order valence-corrected chi connectivity index (χ2v) is 6.05. The average molecular weight is 326 g/mol. The molecule has 0 aliphatic rings. The predicted molar refractivity (Wildman–Crippen MR) is 79.8 cm³/mol. The number of rotatable bonds is 5. The Balaban J connectivity index is 2.12. The van der Waals surface area contributed by atoms with Crippen molar-refractivity contribution in [1.29, 1.82) is 0 Å². The van der Waals surface area contributed by atoms with Crippen LogP contribution in [0.5, 0.6) is 0 Å². The van der Waals surface area contributed by atoms with E-state index in [1.807, 2.05) is 12.1 Å². The van der Waals surface area contributed by atoms with Crippen LogP contribution in [-0.2, 0) is 0 Å². The molecular weight excluding hydrogens is 310 g/mol. The molecule has 18 heavy (non-hydrogen) atoms. The van der Waals surface area contributed by atoms with Crippen LogP contribution in [0.1, 0.15) is 31.3 Å². The first kappa shape index (κ1) is 13.6. The number of nitrogens with one attached hydrogen (secondary N) is 1. The molecule has 0 saturated heterocycles. The number of hydrogen-bond donors (Lipinski definition) is 1.